The molecule has 0 atom stereocenters. The van der Waals surface area contributed by atoms with Gasteiger partial charge in [0.25, 0.3) is 0 Å². The SMILES string of the molecule is O=C(CSc1nc(Cl)cc(N2CCN(C/C=C/c3ccccc3)CC2)n1)NCc1ccncc1. The quantitative estimate of drug-likeness (QED) is 0.276. The topological polar surface area (TPSA) is 74.2 Å². The van der Waals surface area contributed by atoms with Crippen molar-refractivity contribution in [3.05, 3.63) is 83.3 Å². The van der Waals surface area contributed by atoms with Crippen molar-refractivity contribution in [1.29, 1.82) is 0 Å². The predicted octanol–water partition coefficient (Wildman–Crippen LogP) is 3.77. The number of piperazine rings is 1. The summed E-state index contributed by atoms with van der Waals surface area (Å²) in [6, 6.07) is 15.9. The van der Waals surface area contributed by atoms with Crippen LogP contribution in [-0.2, 0) is 11.3 Å². The van der Waals surface area contributed by atoms with Crippen LogP contribution in [0.2, 0.25) is 5.15 Å². The zero-order chi connectivity index (χ0) is 23.6. The lowest BCUT2D eigenvalue weighted by atomic mass is 10.2. The number of carbonyl (C=O) groups excluding carboxylic acids is 1. The van der Waals surface area contributed by atoms with E-state index in [9.17, 15) is 4.79 Å². The number of aromatic nitrogens is 3. The average Bonchev–Trinajstić information content (AvgIpc) is 2.87. The van der Waals surface area contributed by atoms with Crippen LogP contribution < -0.4 is 10.2 Å². The van der Waals surface area contributed by atoms with E-state index < -0.39 is 0 Å². The lowest BCUT2D eigenvalue weighted by Gasteiger charge is -2.35. The molecule has 1 amide bonds. The molecule has 0 spiro atoms. The largest absolute Gasteiger partial charge is 0.354 e. The minimum absolute atomic E-state index is 0.0795. The van der Waals surface area contributed by atoms with E-state index in [1.54, 1.807) is 18.5 Å². The molecule has 9 heteroatoms. The summed E-state index contributed by atoms with van der Waals surface area (Å²) in [5, 5.41) is 3.79. The minimum Gasteiger partial charge on any atom is -0.354 e. The van der Waals surface area contributed by atoms with Crippen LogP contribution in [-0.4, -0.2) is 64.2 Å². The highest BCUT2D eigenvalue weighted by Gasteiger charge is 2.19. The van der Waals surface area contributed by atoms with Crippen LogP contribution in [0.3, 0.4) is 0 Å². The van der Waals surface area contributed by atoms with E-state index >= 15 is 0 Å². The Morgan fingerprint density at radius 1 is 1.06 bits per heavy atom. The third kappa shape index (κ3) is 7.55. The maximum atomic E-state index is 12.2. The number of thioether (sulfide) groups is 1. The zero-order valence-corrected chi connectivity index (χ0v) is 20.4. The summed E-state index contributed by atoms with van der Waals surface area (Å²) in [4.78, 5) is 29.8. The molecule has 3 heterocycles. The molecule has 7 nitrogen and oxygen atoms in total. The number of hydrogen-bond donors (Lipinski definition) is 1. The molecule has 0 unspecified atom stereocenters. The number of amides is 1. The first-order chi connectivity index (χ1) is 16.7. The highest BCUT2D eigenvalue weighted by Crippen LogP contribution is 2.23. The Kier molecular flexibility index (Phi) is 8.90. The summed E-state index contributed by atoms with van der Waals surface area (Å²) >= 11 is 7.55. The highest BCUT2D eigenvalue weighted by atomic mass is 35.5. The second-order valence-corrected chi connectivity index (χ2v) is 9.18. The molecular formula is C25H27ClN6OS. The molecule has 1 aliphatic heterocycles. The summed E-state index contributed by atoms with van der Waals surface area (Å²) in [5.41, 5.74) is 2.22. The zero-order valence-electron chi connectivity index (χ0n) is 18.8. The van der Waals surface area contributed by atoms with E-state index in [1.807, 2.05) is 30.3 Å². The first-order valence-electron chi connectivity index (χ1n) is 11.2. The van der Waals surface area contributed by atoms with Gasteiger partial charge < -0.3 is 10.2 Å². The Morgan fingerprint density at radius 3 is 2.59 bits per heavy atom. The van der Waals surface area contributed by atoms with Crippen molar-refractivity contribution < 1.29 is 4.79 Å². The summed E-state index contributed by atoms with van der Waals surface area (Å²) in [7, 11) is 0. The van der Waals surface area contributed by atoms with E-state index in [0.29, 0.717) is 16.9 Å². The molecule has 0 radical (unpaired) electrons. The van der Waals surface area contributed by atoms with Crippen LogP contribution >= 0.6 is 23.4 Å². The average molecular weight is 495 g/mol. The van der Waals surface area contributed by atoms with E-state index in [-0.39, 0.29) is 11.7 Å². The molecule has 2 aromatic heterocycles. The van der Waals surface area contributed by atoms with Gasteiger partial charge >= 0.3 is 0 Å². The third-order valence-electron chi connectivity index (χ3n) is 5.40. The number of rotatable bonds is 9. The summed E-state index contributed by atoms with van der Waals surface area (Å²) in [6.45, 7) is 5.00. The Labute approximate surface area is 209 Å². The molecule has 0 saturated carbocycles. The van der Waals surface area contributed by atoms with Gasteiger partial charge in [0.15, 0.2) is 5.16 Å². The minimum atomic E-state index is -0.0795. The van der Waals surface area contributed by atoms with Crippen molar-refractivity contribution in [3.8, 4) is 0 Å². The Bertz CT molecular complexity index is 1090. The fourth-order valence-corrected chi connectivity index (χ4v) is 4.47. The van der Waals surface area contributed by atoms with Crippen molar-refractivity contribution in [2.75, 3.05) is 43.4 Å². The van der Waals surface area contributed by atoms with Gasteiger partial charge in [0.05, 0.1) is 5.75 Å². The number of nitrogens with one attached hydrogen (secondary N) is 1. The molecule has 1 aromatic carbocycles. The molecule has 0 bridgehead atoms. The number of pyridine rings is 1. The van der Waals surface area contributed by atoms with Crippen molar-refractivity contribution in [1.82, 2.24) is 25.2 Å². The van der Waals surface area contributed by atoms with Gasteiger partial charge in [-0.05, 0) is 23.3 Å². The lowest BCUT2D eigenvalue weighted by Crippen LogP contribution is -2.46. The van der Waals surface area contributed by atoms with E-state index in [4.69, 9.17) is 11.6 Å². The molecule has 1 saturated heterocycles. The molecular weight excluding hydrogens is 468 g/mol. The number of nitrogens with zero attached hydrogens (tertiary/aromatic N) is 5. The molecule has 176 valence electrons. The van der Waals surface area contributed by atoms with Crippen molar-refractivity contribution in [2.24, 2.45) is 0 Å². The maximum Gasteiger partial charge on any atom is 0.230 e. The summed E-state index contributed by atoms with van der Waals surface area (Å²) in [5.74, 6) is 0.954. The molecule has 4 rings (SSSR count). The van der Waals surface area contributed by atoms with Gasteiger partial charge in [-0.3, -0.25) is 14.7 Å². The Morgan fingerprint density at radius 2 is 1.82 bits per heavy atom. The fraction of sp³-hybridized carbons (Fsp3) is 0.280. The van der Waals surface area contributed by atoms with Crippen LogP contribution in [0.4, 0.5) is 5.82 Å². The first-order valence-corrected chi connectivity index (χ1v) is 12.5. The second kappa shape index (κ2) is 12.5. The van der Waals surface area contributed by atoms with Gasteiger partial charge in [0.2, 0.25) is 5.91 Å². The van der Waals surface area contributed by atoms with Gasteiger partial charge in [-0.15, -0.1) is 0 Å². The van der Waals surface area contributed by atoms with Crippen LogP contribution in [0.1, 0.15) is 11.1 Å². The van der Waals surface area contributed by atoms with Gasteiger partial charge in [0.1, 0.15) is 11.0 Å². The smallest absolute Gasteiger partial charge is 0.230 e. The Balaban J connectivity index is 1.24. The Hall–Kier alpha value is -2.94. The van der Waals surface area contributed by atoms with Gasteiger partial charge in [0, 0.05) is 57.7 Å². The standard InChI is InChI=1S/C25H27ClN6OS/c26-22-17-23(30-25(29-22)34-19-24(33)28-18-21-8-10-27-11-9-21)32-15-13-31(14-16-32)12-4-7-20-5-2-1-3-6-20/h1-11,17H,12-16,18-19H2,(H,28,33)/b7-4+. The van der Waals surface area contributed by atoms with Crippen LogP contribution in [0, 0.1) is 0 Å². The third-order valence-corrected chi connectivity index (χ3v) is 6.44. The first kappa shape index (κ1) is 24.2. The van der Waals surface area contributed by atoms with Crippen LogP contribution in [0.5, 0.6) is 0 Å². The van der Waals surface area contributed by atoms with Gasteiger partial charge in [-0.1, -0.05) is 65.8 Å². The summed E-state index contributed by atoms with van der Waals surface area (Å²) < 4.78 is 0. The van der Waals surface area contributed by atoms with Gasteiger partial charge in [-0.25, -0.2) is 9.97 Å². The predicted molar refractivity (Wildman–Crippen MR) is 138 cm³/mol. The molecule has 1 fully saturated rings. The van der Waals surface area contributed by atoms with Crippen molar-refractivity contribution in [3.63, 3.8) is 0 Å². The van der Waals surface area contributed by atoms with E-state index in [2.05, 4.69) is 54.4 Å². The number of hydrogen-bond acceptors (Lipinski definition) is 7. The lowest BCUT2D eigenvalue weighted by molar-refractivity contribution is -0.118. The number of carbonyl (C=O) groups is 1. The van der Waals surface area contributed by atoms with Crippen molar-refractivity contribution >= 4 is 41.2 Å². The molecule has 1 N–H and O–H groups in total. The fourth-order valence-electron chi connectivity index (χ4n) is 3.56. The van der Waals surface area contributed by atoms with E-state index in [0.717, 1.165) is 44.1 Å². The normalized spacial score (nSPS) is 14.4. The molecule has 34 heavy (non-hydrogen) atoms. The molecule has 1 aliphatic rings. The molecule has 0 aliphatic carbocycles. The van der Waals surface area contributed by atoms with Gasteiger partial charge in [-0.2, -0.15) is 0 Å². The molecule has 3 aromatic rings. The van der Waals surface area contributed by atoms with Crippen LogP contribution in [0.25, 0.3) is 6.08 Å². The second-order valence-electron chi connectivity index (χ2n) is 7.85. The highest BCUT2D eigenvalue weighted by molar-refractivity contribution is 7.99. The van der Waals surface area contributed by atoms with Crippen molar-refractivity contribution in [2.45, 2.75) is 11.7 Å². The van der Waals surface area contributed by atoms with Crippen LogP contribution in [0.15, 0.2) is 72.2 Å². The monoisotopic (exact) mass is 494 g/mol. The maximum absolute atomic E-state index is 12.2. The summed E-state index contributed by atoms with van der Waals surface area (Å²) in [6.07, 6.45) is 7.78. The van der Waals surface area contributed by atoms with E-state index in [1.165, 1.54) is 17.3 Å². The number of halogens is 1. The number of anilines is 1. The number of benzene rings is 1.